The van der Waals surface area contributed by atoms with E-state index in [1.165, 1.54) is 12.5 Å². The molecule has 8 N–H and O–H groups in total. The van der Waals surface area contributed by atoms with E-state index in [1.54, 1.807) is 6.20 Å². The van der Waals surface area contributed by atoms with E-state index < -0.39 is 47.9 Å². The van der Waals surface area contributed by atoms with Crippen LogP contribution in [0.1, 0.15) is 11.3 Å². The molecule has 198 valence electrons. The van der Waals surface area contributed by atoms with Crippen LogP contribution in [-0.4, -0.2) is 79.4 Å². The molecule has 0 saturated carbocycles. The van der Waals surface area contributed by atoms with Crippen molar-refractivity contribution in [1.29, 1.82) is 0 Å². The standard InChI is InChI=1S/C23H29N7O5S2/c24-15(9-36)20(31)28-17(5-12-7-26-16-4-2-1-3-14(12)16)21(32)30-19(10-37)22(33)29-18(23(34)35)6-13-8-25-11-27-13/h1-4,7-8,11,15,17-19,26,36-37H,5-6,9-10,24H2,(H,25,27)(H,28,31)(H,29,33)(H,30,32)(H,34,35). The zero-order valence-corrected chi connectivity index (χ0v) is 21.5. The van der Waals surface area contributed by atoms with Crippen molar-refractivity contribution < 1.29 is 24.3 Å². The van der Waals surface area contributed by atoms with Gasteiger partial charge in [0.05, 0.1) is 12.4 Å². The fourth-order valence-corrected chi connectivity index (χ4v) is 4.07. The molecule has 0 aliphatic rings. The number of carboxylic acids is 1. The van der Waals surface area contributed by atoms with Crippen molar-refractivity contribution in [3.05, 3.63) is 54.2 Å². The molecular weight excluding hydrogens is 518 g/mol. The van der Waals surface area contributed by atoms with Crippen molar-refractivity contribution >= 4 is 59.9 Å². The number of rotatable bonds is 13. The van der Waals surface area contributed by atoms with Crippen LogP contribution >= 0.6 is 25.3 Å². The molecule has 4 atom stereocenters. The first-order valence-electron chi connectivity index (χ1n) is 11.4. The first-order valence-corrected chi connectivity index (χ1v) is 12.6. The molecule has 0 fully saturated rings. The number of nitrogens with zero attached hydrogens (tertiary/aromatic N) is 1. The van der Waals surface area contributed by atoms with Gasteiger partial charge in [0.15, 0.2) is 0 Å². The zero-order chi connectivity index (χ0) is 26.9. The highest BCUT2D eigenvalue weighted by Gasteiger charge is 2.30. The van der Waals surface area contributed by atoms with Crippen LogP contribution < -0.4 is 21.7 Å². The van der Waals surface area contributed by atoms with E-state index in [2.05, 4.69) is 56.2 Å². The van der Waals surface area contributed by atoms with Crippen LogP contribution in [0.4, 0.5) is 0 Å². The number of carboxylic acid groups (broad SMARTS) is 1. The highest BCUT2D eigenvalue weighted by atomic mass is 32.1. The predicted octanol–water partition coefficient (Wildman–Crippen LogP) is -0.598. The summed E-state index contributed by atoms with van der Waals surface area (Å²) < 4.78 is 0. The van der Waals surface area contributed by atoms with Gasteiger partial charge < -0.3 is 36.8 Å². The summed E-state index contributed by atoms with van der Waals surface area (Å²) in [5.41, 5.74) is 7.92. The molecule has 2 heterocycles. The van der Waals surface area contributed by atoms with Gasteiger partial charge in [-0.05, 0) is 11.6 Å². The summed E-state index contributed by atoms with van der Waals surface area (Å²) in [6, 6.07) is 3.04. The molecule has 14 heteroatoms. The Labute approximate surface area is 223 Å². The van der Waals surface area contributed by atoms with Crippen molar-refractivity contribution in [2.24, 2.45) is 5.73 Å². The molecule has 0 aliphatic heterocycles. The Morgan fingerprint density at radius 1 is 0.919 bits per heavy atom. The smallest absolute Gasteiger partial charge is 0.326 e. The highest BCUT2D eigenvalue weighted by molar-refractivity contribution is 7.80. The number of carbonyl (C=O) groups is 4. The summed E-state index contributed by atoms with van der Waals surface area (Å²) in [5, 5.41) is 18.0. The second-order valence-electron chi connectivity index (χ2n) is 8.34. The minimum atomic E-state index is -1.26. The van der Waals surface area contributed by atoms with Crippen LogP contribution in [0.25, 0.3) is 10.9 Å². The van der Waals surface area contributed by atoms with Crippen molar-refractivity contribution in [2.75, 3.05) is 11.5 Å². The predicted molar refractivity (Wildman–Crippen MR) is 143 cm³/mol. The SMILES string of the molecule is NC(CS)C(=O)NC(Cc1c[nH]c2ccccc12)C(=O)NC(CS)C(=O)NC(Cc1cnc[nH]1)C(=O)O. The van der Waals surface area contributed by atoms with Crippen LogP contribution in [0.3, 0.4) is 0 Å². The van der Waals surface area contributed by atoms with Crippen molar-refractivity contribution in [1.82, 2.24) is 30.9 Å². The summed E-state index contributed by atoms with van der Waals surface area (Å²) in [4.78, 5) is 60.0. The van der Waals surface area contributed by atoms with Gasteiger partial charge in [-0.3, -0.25) is 14.4 Å². The Bertz CT molecular complexity index is 1230. The number of benzene rings is 1. The van der Waals surface area contributed by atoms with Gasteiger partial charge in [0.25, 0.3) is 0 Å². The van der Waals surface area contributed by atoms with Gasteiger partial charge in [0.1, 0.15) is 18.1 Å². The fourth-order valence-electron chi connectivity index (χ4n) is 3.65. The number of imidazole rings is 1. The first kappa shape index (κ1) is 28.1. The summed E-state index contributed by atoms with van der Waals surface area (Å²) >= 11 is 8.19. The monoisotopic (exact) mass is 547 g/mol. The van der Waals surface area contributed by atoms with Gasteiger partial charge >= 0.3 is 5.97 Å². The summed E-state index contributed by atoms with van der Waals surface area (Å²) in [5.74, 6) is -3.26. The topological polar surface area (TPSA) is 195 Å². The van der Waals surface area contributed by atoms with Gasteiger partial charge in [-0.2, -0.15) is 25.3 Å². The van der Waals surface area contributed by atoms with Crippen LogP contribution in [-0.2, 0) is 32.0 Å². The number of hydrogen-bond acceptors (Lipinski definition) is 8. The first-order chi connectivity index (χ1) is 17.7. The van der Waals surface area contributed by atoms with E-state index in [0.717, 1.165) is 16.5 Å². The Morgan fingerprint density at radius 2 is 1.59 bits per heavy atom. The minimum Gasteiger partial charge on any atom is -0.480 e. The third-order valence-corrected chi connectivity index (χ3v) is 6.43. The number of H-pyrrole nitrogens is 2. The molecule has 12 nitrogen and oxygen atoms in total. The van der Waals surface area contributed by atoms with E-state index in [9.17, 15) is 24.3 Å². The van der Waals surface area contributed by atoms with Crippen molar-refractivity contribution in [3.63, 3.8) is 0 Å². The molecule has 0 aliphatic carbocycles. The van der Waals surface area contributed by atoms with E-state index in [4.69, 9.17) is 5.73 Å². The Morgan fingerprint density at radius 3 is 2.24 bits per heavy atom. The minimum absolute atomic E-state index is 0.0326. The van der Waals surface area contributed by atoms with Gasteiger partial charge in [0.2, 0.25) is 17.7 Å². The number of aromatic amines is 2. The fraction of sp³-hybridized carbons (Fsp3) is 0.348. The maximum absolute atomic E-state index is 13.3. The molecule has 1 aromatic carbocycles. The van der Waals surface area contributed by atoms with E-state index >= 15 is 0 Å². The van der Waals surface area contributed by atoms with E-state index in [1.807, 2.05) is 24.3 Å². The molecule has 37 heavy (non-hydrogen) atoms. The molecule has 2 aromatic heterocycles. The summed E-state index contributed by atoms with van der Waals surface area (Å²) in [7, 11) is 0. The zero-order valence-electron chi connectivity index (χ0n) is 19.7. The lowest BCUT2D eigenvalue weighted by Gasteiger charge is -2.24. The second-order valence-corrected chi connectivity index (χ2v) is 9.07. The Kier molecular flexibility index (Phi) is 10.00. The maximum atomic E-state index is 13.3. The number of aliphatic carboxylic acids is 1. The number of fused-ring (bicyclic) bond motifs is 1. The summed E-state index contributed by atoms with van der Waals surface area (Å²) in [6.45, 7) is 0. The number of thiol groups is 2. The summed E-state index contributed by atoms with van der Waals surface area (Å²) in [6.07, 6.45) is 4.67. The Hall–Kier alpha value is -3.49. The number of para-hydroxylation sites is 1. The number of carbonyl (C=O) groups excluding carboxylic acids is 3. The van der Waals surface area contributed by atoms with Crippen molar-refractivity contribution in [3.8, 4) is 0 Å². The van der Waals surface area contributed by atoms with Gasteiger partial charge in [-0.1, -0.05) is 18.2 Å². The van der Waals surface area contributed by atoms with Gasteiger partial charge in [0, 0.05) is 53.3 Å². The van der Waals surface area contributed by atoms with Crippen LogP contribution in [0.5, 0.6) is 0 Å². The average molecular weight is 548 g/mol. The molecular formula is C23H29N7O5S2. The number of nitrogens with two attached hydrogens (primary N) is 1. The Balaban J connectivity index is 1.74. The quantitative estimate of drug-likeness (QED) is 0.127. The molecule has 0 radical (unpaired) electrons. The molecule has 3 rings (SSSR count). The lowest BCUT2D eigenvalue weighted by Crippen LogP contribution is -2.58. The third kappa shape index (κ3) is 7.50. The van der Waals surface area contributed by atoms with Crippen LogP contribution in [0, 0.1) is 0 Å². The lowest BCUT2D eigenvalue weighted by molar-refractivity contribution is -0.142. The van der Waals surface area contributed by atoms with Crippen LogP contribution in [0.15, 0.2) is 43.0 Å². The molecule has 3 amide bonds. The normalized spacial score (nSPS) is 14.4. The second kappa shape index (κ2) is 13.2. The third-order valence-electron chi connectivity index (χ3n) is 5.67. The lowest BCUT2D eigenvalue weighted by atomic mass is 10.0. The molecule has 0 saturated heterocycles. The van der Waals surface area contributed by atoms with Gasteiger partial charge in [-0.25, -0.2) is 9.78 Å². The number of nitrogens with one attached hydrogen (secondary N) is 5. The average Bonchev–Trinajstić information content (AvgIpc) is 3.55. The van der Waals surface area contributed by atoms with Gasteiger partial charge in [-0.15, -0.1) is 0 Å². The van der Waals surface area contributed by atoms with Crippen LogP contribution in [0.2, 0.25) is 0 Å². The number of amides is 3. The number of hydrogen-bond donors (Lipinski definition) is 9. The van der Waals surface area contributed by atoms with E-state index in [-0.39, 0.29) is 24.3 Å². The largest absolute Gasteiger partial charge is 0.480 e. The molecule has 4 unspecified atom stereocenters. The maximum Gasteiger partial charge on any atom is 0.326 e. The van der Waals surface area contributed by atoms with E-state index in [0.29, 0.717) is 5.69 Å². The molecule has 0 bridgehead atoms. The van der Waals surface area contributed by atoms with Crippen molar-refractivity contribution in [2.45, 2.75) is 37.0 Å². The highest BCUT2D eigenvalue weighted by Crippen LogP contribution is 2.19. The molecule has 0 spiro atoms. The number of aromatic nitrogens is 3. The molecule has 3 aromatic rings.